The highest BCUT2D eigenvalue weighted by Crippen LogP contribution is 2.12. The molecule has 22 heavy (non-hydrogen) atoms. The lowest BCUT2D eigenvalue weighted by Crippen LogP contribution is -2.33. The van der Waals surface area contributed by atoms with Crippen LogP contribution in [0.3, 0.4) is 0 Å². The SMILES string of the molecule is C=C(C)CN=C(N)NCCc1noc(-c2ccccn2)n1.I. The summed E-state index contributed by atoms with van der Waals surface area (Å²) >= 11 is 0. The molecule has 0 saturated carbocycles. The molecule has 0 atom stereocenters. The van der Waals surface area contributed by atoms with Gasteiger partial charge in [-0.2, -0.15) is 4.98 Å². The van der Waals surface area contributed by atoms with E-state index in [1.807, 2.05) is 25.1 Å². The molecule has 0 aliphatic rings. The maximum Gasteiger partial charge on any atom is 0.276 e. The van der Waals surface area contributed by atoms with Gasteiger partial charge < -0.3 is 15.6 Å². The van der Waals surface area contributed by atoms with Crippen molar-refractivity contribution >= 4 is 29.9 Å². The smallest absolute Gasteiger partial charge is 0.276 e. The molecule has 0 aromatic carbocycles. The van der Waals surface area contributed by atoms with Gasteiger partial charge in [-0.05, 0) is 19.1 Å². The first-order valence-corrected chi connectivity index (χ1v) is 6.57. The second kappa shape index (κ2) is 9.13. The predicted molar refractivity (Wildman–Crippen MR) is 96.0 cm³/mol. The lowest BCUT2D eigenvalue weighted by Gasteiger charge is -2.03. The Hall–Kier alpha value is -1.97. The third kappa shape index (κ3) is 5.80. The fourth-order valence-corrected chi connectivity index (χ4v) is 1.53. The topological polar surface area (TPSA) is 102 Å². The largest absolute Gasteiger partial charge is 0.370 e. The summed E-state index contributed by atoms with van der Waals surface area (Å²) in [4.78, 5) is 12.5. The van der Waals surface area contributed by atoms with Gasteiger partial charge in [0.05, 0.1) is 6.54 Å². The zero-order chi connectivity index (χ0) is 15.1. The molecule has 0 amide bonds. The number of nitrogens with one attached hydrogen (secondary N) is 1. The van der Waals surface area contributed by atoms with Crippen LogP contribution in [0.25, 0.3) is 11.6 Å². The van der Waals surface area contributed by atoms with E-state index in [2.05, 4.69) is 32.0 Å². The van der Waals surface area contributed by atoms with Crippen LogP contribution in [-0.4, -0.2) is 34.2 Å². The van der Waals surface area contributed by atoms with Crippen LogP contribution in [-0.2, 0) is 6.42 Å². The summed E-state index contributed by atoms with van der Waals surface area (Å²) in [5, 5.41) is 6.89. The highest BCUT2D eigenvalue weighted by molar-refractivity contribution is 14.0. The summed E-state index contributed by atoms with van der Waals surface area (Å²) in [7, 11) is 0. The van der Waals surface area contributed by atoms with Crippen molar-refractivity contribution in [1.29, 1.82) is 0 Å². The molecule has 2 heterocycles. The third-order valence-corrected chi connectivity index (χ3v) is 2.53. The Morgan fingerprint density at radius 2 is 2.27 bits per heavy atom. The van der Waals surface area contributed by atoms with E-state index >= 15 is 0 Å². The number of hydrogen-bond acceptors (Lipinski definition) is 5. The van der Waals surface area contributed by atoms with Crippen molar-refractivity contribution in [2.24, 2.45) is 10.7 Å². The Balaban J connectivity index is 0.00000242. The summed E-state index contributed by atoms with van der Waals surface area (Å²) in [5.41, 5.74) is 7.32. The number of aromatic nitrogens is 3. The minimum Gasteiger partial charge on any atom is -0.370 e. The first kappa shape index (κ1) is 18.1. The summed E-state index contributed by atoms with van der Waals surface area (Å²) in [6.45, 7) is 6.75. The average Bonchev–Trinajstić information content (AvgIpc) is 2.95. The van der Waals surface area contributed by atoms with Gasteiger partial charge in [-0.15, -0.1) is 24.0 Å². The number of guanidine groups is 1. The second-order valence-corrected chi connectivity index (χ2v) is 4.57. The molecule has 118 valence electrons. The van der Waals surface area contributed by atoms with Crippen molar-refractivity contribution in [2.75, 3.05) is 13.1 Å². The van der Waals surface area contributed by atoms with Crippen molar-refractivity contribution < 1.29 is 4.52 Å². The van der Waals surface area contributed by atoms with Crippen molar-refractivity contribution in [3.05, 3.63) is 42.4 Å². The molecule has 0 aliphatic carbocycles. The van der Waals surface area contributed by atoms with Gasteiger partial charge in [0.15, 0.2) is 11.8 Å². The Kier molecular flexibility index (Phi) is 7.50. The van der Waals surface area contributed by atoms with Gasteiger partial charge in [0.2, 0.25) is 0 Å². The minimum atomic E-state index is 0. The molecule has 0 saturated heterocycles. The first-order valence-electron chi connectivity index (χ1n) is 6.57. The molecule has 2 rings (SSSR count). The van der Waals surface area contributed by atoms with Crippen molar-refractivity contribution in [2.45, 2.75) is 13.3 Å². The lowest BCUT2D eigenvalue weighted by atomic mass is 10.3. The fourth-order valence-electron chi connectivity index (χ4n) is 1.53. The fraction of sp³-hybridized carbons (Fsp3) is 0.286. The summed E-state index contributed by atoms with van der Waals surface area (Å²) in [6, 6.07) is 5.52. The van der Waals surface area contributed by atoms with Crippen LogP contribution < -0.4 is 11.1 Å². The molecule has 0 unspecified atom stereocenters. The number of halogens is 1. The summed E-state index contributed by atoms with van der Waals surface area (Å²) in [6.07, 6.45) is 2.26. The van der Waals surface area contributed by atoms with Crippen LogP contribution in [0.1, 0.15) is 12.7 Å². The van der Waals surface area contributed by atoms with Gasteiger partial charge in [-0.25, -0.2) is 4.99 Å². The van der Waals surface area contributed by atoms with Gasteiger partial charge in [-0.1, -0.05) is 23.4 Å². The molecule has 7 nitrogen and oxygen atoms in total. The van der Waals surface area contributed by atoms with Crippen LogP contribution in [0, 0.1) is 0 Å². The van der Waals surface area contributed by atoms with E-state index in [-0.39, 0.29) is 24.0 Å². The molecule has 8 heteroatoms. The van der Waals surface area contributed by atoms with E-state index in [0.717, 1.165) is 5.57 Å². The van der Waals surface area contributed by atoms with Crippen LogP contribution >= 0.6 is 24.0 Å². The molecule has 0 fully saturated rings. The number of hydrogen-bond donors (Lipinski definition) is 2. The molecule has 0 radical (unpaired) electrons. The van der Waals surface area contributed by atoms with Gasteiger partial charge >= 0.3 is 0 Å². The zero-order valence-corrected chi connectivity index (χ0v) is 14.7. The maximum absolute atomic E-state index is 5.71. The minimum absolute atomic E-state index is 0. The van der Waals surface area contributed by atoms with E-state index in [4.69, 9.17) is 10.3 Å². The van der Waals surface area contributed by atoms with E-state index in [1.165, 1.54) is 0 Å². The van der Waals surface area contributed by atoms with Gasteiger partial charge in [0.25, 0.3) is 5.89 Å². The highest BCUT2D eigenvalue weighted by atomic mass is 127. The quantitative estimate of drug-likeness (QED) is 0.323. The van der Waals surface area contributed by atoms with E-state index < -0.39 is 0 Å². The van der Waals surface area contributed by atoms with Crippen LogP contribution in [0.2, 0.25) is 0 Å². The Labute approximate surface area is 146 Å². The Morgan fingerprint density at radius 3 is 2.95 bits per heavy atom. The Bertz CT molecular complexity index is 625. The third-order valence-electron chi connectivity index (χ3n) is 2.53. The second-order valence-electron chi connectivity index (χ2n) is 4.57. The van der Waals surface area contributed by atoms with Crippen LogP contribution in [0.4, 0.5) is 0 Å². The van der Waals surface area contributed by atoms with E-state index in [9.17, 15) is 0 Å². The normalized spacial score (nSPS) is 10.9. The monoisotopic (exact) mass is 414 g/mol. The van der Waals surface area contributed by atoms with Gasteiger partial charge in [0, 0.05) is 19.2 Å². The average molecular weight is 414 g/mol. The molecule has 0 bridgehead atoms. The first-order chi connectivity index (χ1) is 10.1. The molecule has 3 N–H and O–H groups in total. The van der Waals surface area contributed by atoms with E-state index in [0.29, 0.717) is 42.9 Å². The van der Waals surface area contributed by atoms with Crippen molar-refractivity contribution in [3.8, 4) is 11.6 Å². The molecule has 0 aliphatic heterocycles. The van der Waals surface area contributed by atoms with Crippen LogP contribution in [0.5, 0.6) is 0 Å². The molecule has 2 aromatic heterocycles. The number of nitrogens with zero attached hydrogens (tertiary/aromatic N) is 4. The number of nitrogens with two attached hydrogens (primary N) is 1. The number of aliphatic imine (C=N–C) groups is 1. The summed E-state index contributed by atoms with van der Waals surface area (Å²) < 4.78 is 5.16. The van der Waals surface area contributed by atoms with Crippen LogP contribution in [0.15, 0.2) is 46.1 Å². The van der Waals surface area contributed by atoms with Gasteiger partial charge in [-0.3, -0.25) is 4.98 Å². The predicted octanol–water partition coefficient (Wildman–Crippen LogP) is 1.77. The molecule has 0 spiro atoms. The molecule has 2 aromatic rings. The van der Waals surface area contributed by atoms with Gasteiger partial charge in [0.1, 0.15) is 5.69 Å². The molecular formula is C14H19IN6O. The lowest BCUT2D eigenvalue weighted by molar-refractivity contribution is 0.421. The van der Waals surface area contributed by atoms with Crippen molar-refractivity contribution in [1.82, 2.24) is 20.4 Å². The highest BCUT2D eigenvalue weighted by Gasteiger charge is 2.09. The standard InChI is InChI=1S/C14H18N6O.HI/c1-10(2)9-18-14(15)17-8-6-12-19-13(21-20-12)11-5-3-4-7-16-11;/h3-5,7H,1,6,8-9H2,2H3,(H3,15,17,18);1H. The van der Waals surface area contributed by atoms with Crippen molar-refractivity contribution in [3.63, 3.8) is 0 Å². The maximum atomic E-state index is 5.71. The molecular weight excluding hydrogens is 395 g/mol. The van der Waals surface area contributed by atoms with E-state index in [1.54, 1.807) is 6.20 Å². The Morgan fingerprint density at radius 1 is 1.45 bits per heavy atom. The number of rotatable bonds is 6. The number of pyridine rings is 1. The summed E-state index contributed by atoms with van der Waals surface area (Å²) in [5.74, 6) is 1.39. The zero-order valence-electron chi connectivity index (χ0n) is 12.3.